The molecule has 0 heterocycles. The molecule has 0 spiro atoms. The van der Waals surface area contributed by atoms with Crippen molar-refractivity contribution in [2.45, 2.75) is 41.5 Å². The Kier molecular flexibility index (Phi) is 5.73. The molecule has 0 aliphatic heterocycles. The predicted octanol–water partition coefficient (Wildman–Crippen LogP) is 6.51. The molecule has 0 aliphatic carbocycles. The molecule has 6 heteroatoms. The number of non-ortho nitro benzene ring substituents is 2. The highest BCUT2D eigenvalue weighted by Crippen LogP contribution is 2.47. The zero-order valence-electron chi connectivity index (χ0n) is 17.1. The van der Waals surface area contributed by atoms with Crippen LogP contribution in [0.25, 0.3) is 11.1 Å². The summed E-state index contributed by atoms with van der Waals surface area (Å²) in [5.41, 5.74) is 3.52. The van der Waals surface area contributed by atoms with Gasteiger partial charge >= 0.3 is 0 Å². The van der Waals surface area contributed by atoms with Crippen LogP contribution in [0.2, 0.25) is 0 Å². The molecule has 0 fully saturated rings. The van der Waals surface area contributed by atoms with Crippen molar-refractivity contribution < 1.29 is 9.85 Å². The first-order valence-corrected chi connectivity index (χ1v) is 9.07. The van der Waals surface area contributed by atoms with E-state index in [0.717, 1.165) is 22.3 Å². The van der Waals surface area contributed by atoms with Gasteiger partial charge in [0.15, 0.2) is 0 Å². The first-order valence-electron chi connectivity index (χ1n) is 9.07. The van der Waals surface area contributed by atoms with Crippen molar-refractivity contribution in [1.29, 1.82) is 0 Å². The summed E-state index contributed by atoms with van der Waals surface area (Å²) < 4.78 is 0. The van der Waals surface area contributed by atoms with E-state index in [2.05, 4.69) is 41.5 Å². The van der Waals surface area contributed by atoms with E-state index < -0.39 is 9.85 Å². The maximum atomic E-state index is 11.0. The van der Waals surface area contributed by atoms with E-state index in [1.54, 1.807) is 24.3 Å². The second-order valence-electron chi connectivity index (χ2n) is 8.86. The summed E-state index contributed by atoms with van der Waals surface area (Å²) in [6.45, 7) is 12.6. The summed E-state index contributed by atoms with van der Waals surface area (Å²) in [5.74, 6) is 0. The van der Waals surface area contributed by atoms with Crippen molar-refractivity contribution in [2.24, 2.45) is 10.8 Å². The molecule has 0 amide bonds. The second-order valence-corrected chi connectivity index (χ2v) is 8.86. The van der Waals surface area contributed by atoms with Crippen molar-refractivity contribution in [3.05, 3.63) is 79.9 Å². The van der Waals surface area contributed by atoms with Crippen LogP contribution in [0.1, 0.15) is 52.7 Å². The molecule has 2 aromatic carbocycles. The Morgan fingerprint density at radius 1 is 0.607 bits per heavy atom. The average molecular weight is 382 g/mol. The summed E-state index contributed by atoms with van der Waals surface area (Å²) in [4.78, 5) is 21.2. The predicted molar refractivity (Wildman–Crippen MR) is 112 cm³/mol. The van der Waals surface area contributed by atoms with Gasteiger partial charge in [0, 0.05) is 24.3 Å². The summed E-state index contributed by atoms with van der Waals surface area (Å²) in [7, 11) is 0. The van der Waals surface area contributed by atoms with Gasteiger partial charge in [-0.2, -0.15) is 0 Å². The van der Waals surface area contributed by atoms with Gasteiger partial charge in [0.1, 0.15) is 0 Å². The highest BCUT2D eigenvalue weighted by atomic mass is 16.6. The summed E-state index contributed by atoms with van der Waals surface area (Å²) in [5, 5.41) is 22.0. The second kappa shape index (κ2) is 7.54. The van der Waals surface area contributed by atoms with Gasteiger partial charge in [0.2, 0.25) is 0 Å². The van der Waals surface area contributed by atoms with Crippen molar-refractivity contribution in [3.8, 4) is 0 Å². The Bertz CT molecular complexity index is 835. The number of rotatable bonds is 4. The maximum absolute atomic E-state index is 11.0. The van der Waals surface area contributed by atoms with Crippen molar-refractivity contribution in [3.63, 3.8) is 0 Å². The van der Waals surface area contributed by atoms with Crippen LogP contribution in [0, 0.1) is 31.1 Å². The third-order valence-corrected chi connectivity index (χ3v) is 4.48. The first kappa shape index (κ1) is 21.3. The normalized spacial score (nSPS) is 13.1. The van der Waals surface area contributed by atoms with Crippen molar-refractivity contribution in [2.75, 3.05) is 0 Å². The van der Waals surface area contributed by atoms with Crippen LogP contribution in [0.5, 0.6) is 0 Å². The molecule has 0 radical (unpaired) electrons. The van der Waals surface area contributed by atoms with Crippen LogP contribution in [-0.2, 0) is 0 Å². The summed E-state index contributed by atoms with van der Waals surface area (Å²) >= 11 is 0. The lowest BCUT2D eigenvalue weighted by Crippen LogP contribution is -2.18. The lowest BCUT2D eigenvalue weighted by molar-refractivity contribution is -0.385. The summed E-state index contributed by atoms with van der Waals surface area (Å²) in [6, 6.07) is 13.1. The Morgan fingerprint density at radius 2 is 0.857 bits per heavy atom. The van der Waals surface area contributed by atoms with E-state index in [0.29, 0.717) is 0 Å². The van der Waals surface area contributed by atoms with Gasteiger partial charge in [-0.3, -0.25) is 20.2 Å². The molecule has 0 aliphatic rings. The molecule has 2 rings (SSSR count). The van der Waals surface area contributed by atoms with Gasteiger partial charge < -0.3 is 0 Å². The molecule has 0 atom stereocenters. The Hall–Kier alpha value is -3.02. The van der Waals surface area contributed by atoms with E-state index in [4.69, 9.17) is 0 Å². The number of nitro benzene ring substituents is 2. The standard InChI is InChI=1S/C22H26N2O4/c1-21(2,3)19(15-7-11-17(12-8-15)23(25)26)20(22(4,5)6)16-9-13-18(14-10-16)24(27)28/h7-14H,1-6H3. The molecular weight excluding hydrogens is 356 g/mol. The minimum Gasteiger partial charge on any atom is -0.258 e. The fourth-order valence-electron chi connectivity index (χ4n) is 3.40. The monoisotopic (exact) mass is 382 g/mol. The highest BCUT2D eigenvalue weighted by Gasteiger charge is 2.30. The Morgan fingerprint density at radius 3 is 1.04 bits per heavy atom. The Labute approximate surface area is 165 Å². The number of hydrogen-bond donors (Lipinski definition) is 0. The van der Waals surface area contributed by atoms with E-state index in [-0.39, 0.29) is 22.2 Å². The minimum absolute atomic E-state index is 0.0460. The molecule has 6 nitrogen and oxygen atoms in total. The van der Waals surface area contributed by atoms with Crippen LogP contribution >= 0.6 is 0 Å². The van der Waals surface area contributed by atoms with E-state index >= 15 is 0 Å². The zero-order valence-corrected chi connectivity index (χ0v) is 17.1. The van der Waals surface area contributed by atoms with Crippen LogP contribution in [0.3, 0.4) is 0 Å². The molecule has 148 valence electrons. The first-order chi connectivity index (χ1) is 12.8. The molecule has 28 heavy (non-hydrogen) atoms. The van der Waals surface area contributed by atoms with Gasteiger partial charge in [-0.05, 0) is 57.4 Å². The average Bonchev–Trinajstić information content (AvgIpc) is 2.57. The number of benzene rings is 2. The van der Waals surface area contributed by atoms with Crippen LogP contribution < -0.4 is 0 Å². The molecular formula is C22H26N2O4. The molecule has 0 aromatic heterocycles. The molecule has 0 saturated carbocycles. The highest BCUT2D eigenvalue weighted by molar-refractivity contribution is 5.95. The van der Waals surface area contributed by atoms with Crippen LogP contribution in [0.4, 0.5) is 11.4 Å². The van der Waals surface area contributed by atoms with Crippen molar-refractivity contribution in [1.82, 2.24) is 0 Å². The van der Waals surface area contributed by atoms with Gasteiger partial charge in [-0.1, -0.05) is 41.5 Å². The fraction of sp³-hybridized carbons (Fsp3) is 0.364. The third kappa shape index (κ3) is 4.63. The van der Waals surface area contributed by atoms with E-state index in [1.807, 2.05) is 0 Å². The topological polar surface area (TPSA) is 86.3 Å². The smallest absolute Gasteiger partial charge is 0.258 e. The number of allylic oxidation sites excluding steroid dienone is 2. The number of nitro groups is 2. The molecule has 0 N–H and O–H groups in total. The minimum atomic E-state index is -0.411. The lowest BCUT2D eigenvalue weighted by atomic mass is 9.70. The molecule has 0 bridgehead atoms. The lowest BCUT2D eigenvalue weighted by Gasteiger charge is -2.34. The van der Waals surface area contributed by atoms with Crippen LogP contribution in [-0.4, -0.2) is 9.85 Å². The van der Waals surface area contributed by atoms with E-state index in [9.17, 15) is 20.2 Å². The van der Waals surface area contributed by atoms with Gasteiger partial charge in [-0.25, -0.2) is 0 Å². The van der Waals surface area contributed by atoms with Gasteiger partial charge in [0.25, 0.3) is 11.4 Å². The largest absolute Gasteiger partial charge is 0.269 e. The SMILES string of the molecule is CC(C)(C)C(=C(c1ccc([N+](=O)[O-])cc1)C(C)(C)C)c1ccc([N+](=O)[O-])cc1. The fourth-order valence-corrected chi connectivity index (χ4v) is 3.40. The van der Waals surface area contributed by atoms with Crippen LogP contribution in [0.15, 0.2) is 48.5 Å². The molecule has 2 aromatic rings. The molecule has 0 unspecified atom stereocenters. The summed E-state index contributed by atoms with van der Waals surface area (Å²) in [6.07, 6.45) is 0. The maximum Gasteiger partial charge on any atom is 0.269 e. The van der Waals surface area contributed by atoms with Gasteiger partial charge in [-0.15, -0.1) is 0 Å². The third-order valence-electron chi connectivity index (χ3n) is 4.48. The number of hydrogen-bond acceptors (Lipinski definition) is 4. The zero-order chi connectivity index (χ0) is 21.3. The van der Waals surface area contributed by atoms with E-state index in [1.165, 1.54) is 24.3 Å². The number of nitrogens with zero attached hydrogens (tertiary/aromatic N) is 2. The molecule has 0 saturated heterocycles. The quantitative estimate of drug-likeness (QED) is 0.343. The Balaban J connectivity index is 2.80. The van der Waals surface area contributed by atoms with Crippen molar-refractivity contribution >= 4 is 22.5 Å². The van der Waals surface area contributed by atoms with Gasteiger partial charge in [0.05, 0.1) is 9.85 Å².